The van der Waals surface area contributed by atoms with Crippen molar-refractivity contribution < 1.29 is 22.8 Å². The van der Waals surface area contributed by atoms with Crippen molar-refractivity contribution in [2.45, 2.75) is 17.8 Å². The molecule has 1 atom stereocenters. The summed E-state index contributed by atoms with van der Waals surface area (Å²) in [6.07, 6.45) is -4.79. The standard InChI is InChI=1S/C14H14F3N3O2S/c1-18-13-20(2)12(22)10(23-13)7-11(21)19-9-6-4-3-5-8(9)14(15,16)17/h3-6,10H,7H2,1-2H3,(H,19,21)/t10-/m1/s1. The monoisotopic (exact) mass is 345 g/mol. The zero-order valence-electron chi connectivity index (χ0n) is 12.3. The van der Waals surface area contributed by atoms with Gasteiger partial charge in [0.15, 0.2) is 5.17 Å². The molecule has 0 radical (unpaired) electrons. The molecular formula is C14H14F3N3O2S. The van der Waals surface area contributed by atoms with Gasteiger partial charge < -0.3 is 5.32 Å². The van der Waals surface area contributed by atoms with Crippen LogP contribution in [0.2, 0.25) is 0 Å². The van der Waals surface area contributed by atoms with Gasteiger partial charge in [0.25, 0.3) is 0 Å². The number of hydrogen-bond donors (Lipinski definition) is 1. The van der Waals surface area contributed by atoms with Crippen molar-refractivity contribution in [1.29, 1.82) is 0 Å². The Balaban J connectivity index is 2.09. The third-order valence-corrected chi connectivity index (χ3v) is 4.53. The highest BCUT2D eigenvalue weighted by Gasteiger charge is 2.37. The Morgan fingerprint density at radius 3 is 2.61 bits per heavy atom. The van der Waals surface area contributed by atoms with E-state index < -0.39 is 22.9 Å². The van der Waals surface area contributed by atoms with E-state index in [0.29, 0.717) is 5.17 Å². The first kappa shape index (κ1) is 17.3. The summed E-state index contributed by atoms with van der Waals surface area (Å²) in [5, 5.41) is 2.02. The maximum Gasteiger partial charge on any atom is 0.418 e. The number of amidine groups is 1. The minimum atomic E-state index is -4.57. The lowest BCUT2D eigenvalue weighted by Crippen LogP contribution is -2.30. The van der Waals surface area contributed by atoms with Crippen LogP contribution in [-0.4, -0.2) is 41.2 Å². The summed E-state index contributed by atoms with van der Waals surface area (Å²) >= 11 is 1.12. The zero-order chi connectivity index (χ0) is 17.2. The predicted molar refractivity (Wildman–Crippen MR) is 82.2 cm³/mol. The first-order chi connectivity index (χ1) is 10.7. The average molecular weight is 345 g/mol. The molecule has 1 N–H and O–H groups in total. The Kier molecular flexibility index (Phi) is 4.98. The fourth-order valence-electron chi connectivity index (χ4n) is 2.11. The van der Waals surface area contributed by atoms with Gasteiger partial charge in [-0.25, -0.2) is 0 Å². The van der Waals surface area contributed by atoms with Gasteiger partial charge in [-0.2, -0.15) is 13.2 Å². The van der Waals surface area contributed by atoms with Gasteiger partial charge in [0.05, 0.1) is 11.3 Å². The highest BCUT2D eigenvalue weighted by Crippen LogP contribution is 2.35. The van der Waals surface area contributed by atoms with Crippen LogP contribution in [0.3, 0.4) is 0 Å². The summed E-state index contributed by atoms with van der Waals surface area (Å²) < 4.78 is 38.6. The second-order valence-corrected chi connectivity index (χ2v) is 5.98. The molecule has 2 amide bonds. The quantitative estimate of drug-likeness (QED) is 0.916. The van der Waals surface area contributed by atoms with Crippen LogP contribution in [0.5, 0.6) is 0 Å². The second kappa shape index (κ2) is 6.61. The Morgan fingerprint density at radius 2 is 2.04 bits per heavy atom. The number of hydrogen-bond acceptors (Lipinski definition) is 4. The Morgan fingerprint density at radius 1 is 1.39 bits per heavy atom. The molecule has 1 saturated heterocycles. The van der Waals surface area contributed by atoms with Crippen LogP contribution in [0.15, 0.2) is 29.3 Å². The summed E-state index contributed by atoms with van der Waals surface area (Å²) in [5.41, 5.74) is -1.25. The lowest BCUT2D eigenvalue weighted by Gasteiger charge is -2.14. The molecule has 0 aliphatic carbocycles. The summed E-state index contributed by atoms with van der Waals surface area (Å²) in [6.45, 7) is 0. The molecule has 0 aromatic heterocycles. The number of nitrogens with one attached hydrogen (secondary N) is 1. The fourth-order valence-corrected chi connectivity index (χ4v) is 3.21. The van der Waals surface area contributed by atoms with Crippen LogP contribution in [0.25, 0.3) is 0 Å². The number of thioether (sulfide) groups is 1. The second-order valence-electron chi connectivity index (χ2n) is 4.81. The SMILES string of the molecule is CN=C1S[C@H](CC(=O)Nc2ccccc2C(F)(F)F)C(=O)N1C. The molecule has 1 heterocycles. The number of nitrogens with zero attached hydrogens (tertiary/aromatic N) is 2. The Hall–Kier alpha value is -2.03. The molecule has 124 valence electrons. The largest absolute Gasteiger partial charge is 0.418 e. The molecule has 1 fully saturated rings. The Bertz CT molecular complexity index is 661. The molecule has 0 spiro atoms. The molecule has 1 aliphatic heterocycles. The van der Waals surface area contributed by atoms with E-state index in [9.17, 15) is 22.8 Å². The number of carbonyl (C=O) groups excluding carboxylic acids is 2. The van der Waals surface area contributed by atoms with Crippen LogP contribution < -0.4 is 5.32 Å². The maximum absolute atomic E-state index is 12.9. The smallest absolute Gasteiger partial charge is 0.325 e. The molecule has 5 nitrogen and oxygen atoms in total. The summed E-state index contributed by atoms with van der Waals surface area (Å²) in [6, 6.07) is 4.71. The van der Waals surface area contributed by atoms with Crippen molar-refractivity contribution in [1.82, 2.24) is 4.90 Å². The number of halogens is 3. The minimum Gasteiger partial charge on any atom is -0.325 e. The molecule has 0 bridgehead atoms. The summed E-state index contributed by atoms with van der Waals surface area (Å²) in [5.74, 6) is -0.951. The number of amides is 2. The van der Waals surface area contributed by atoms with Crippen molar-refractivity contribution in [3.05, 3.63) is 29.8 Å². The average Bonchev–Trinajstić information content (AvgIpc) is 2.74. The van der Waals surface area contributed by atoms with E-state index in [4.69, 9.17) is 0 Å². The van der Waals surface area contributed by atoms with Crippen LogP contribution in [-0.2, 0) is 15.8 Å². The highest BCUT2D eigenvalue weighted by atomic mass is 32.2. The molecule has 2 rings (SSSR count). The van der Waals surface area contributed by atoms with E-state index in [-0.39, 0.29) is 18.0 Å². The van der Waals surface area contributed by atoms with Crippen molar-refractivity contribution in [2.24, 2.45) is 4.99 Å². The molecule has 9 heteroatoms. The first-order valence-electron chi connectivity index (χ1n) is 6.61. The van der Waals surface area contributed by atoms with Gasteiger partial charge in [0.2, 0.25) is 11.8 Å². The first-order valence-corrected chi connectivity index (χ1v) is 7.49. The molecule has 1 aliphatic rings. The van der Waals surface area contributed by atoms with Gasteiger partial charge in [-0.05, 0) is 12.1 Å². The number of para-hydroxylation sites is 1. The molecular weight excluding hydrogens is 331 g/mol. The van der Waals surface area contributed by atoms with Gasteiger partial charge in [-0.1, -0.05) is 23.9 Å². The Labute approximate surface area is 134 Å². The zero-order valence-corrected chi connectivity index (χ0v) is 13.2. The van der Waals surface area contributed by atoms with E-state index in [2.05, 4.69) is 10.3 Å². The summed E-state index contributed by atoms with van der Waals surface area (Å²) in [4.78, 5) is 29.2. The van der Waals surface area contributed by atoms with Crippen LogP contribution in [0, 0.1) is 0 Å². The molecule has 0 unspecified atom stereocenters. The molecule has 1 aromatic rings. The van der Waals surface area contributed by atoms with Crippen LogP contribution >= 0.6 is 11.8 Å². The lowest BCUT2D eigenvalue weighted by molar-refractivity contribution is -0.137. The van der Waals surface area contributed by atoms with E-state index in [0.717, 1.165) is 17.8 Å². The van der Waals surface area contributed by atoms with Crippen molar-refractivity contribution in [2.75, 3.05) is 19.4 Å². The number of rotatable bonds is 3. The van der Waals surface area contributed by atoms with Crippen molar-refractivity contribution >= 4 is 34.4 Å². The molecule has 1 aromatic carbocycles. The predicted octanol–water partition coefficient (Wildman–Crippen LogP) is 2.59. The van der Waals surface area contributed by atoms with E-state index in [1.807, 2.05) is 0 Å². The minimum absolute atomic E-state index is 0.223. The van der Waals surface area contributed by atoms with E-state index >= 15 is 0 Å². The van der Waals surface area contributed by atoms with E-state index in [1.165, 1.54) is 37.2 Å². The topological polar surface area (TPSA) is 61.8 Å². The van der Waals surface area contributed by atoms with Gasteiger partial charge in [-0.15, -0.1) is 0 Å². The van der Waals surface area contributed by atoms with Crippen molar-refractivity contribution in [3.8, 4) is 0 Å². The number of carbonyl (C=O) groups is 2. The van der Waals surface area contributed by atoms with Crippen molar-refractivity contribution in [3.63, 3.8) is 0 Å². The third-order valence-electron chi connectivity index (χ3n) is 3.21. The van der Waals surface area contributed by atoms with Crippen LogP contribution in [0.4, 0.5) is 18.9 Å². The highest BCUT2D eigenvalue weighted by molar-refractivity contribution is 8.15. The third kappa shape index (κ3) is 3.84. The van der Waals surface area contributed by atoms with E-state index in [1.54, 1.807) is 0 Å². The number of aliphatic imine (C=N–C) groups is 1. The lowest BCUT2D eigenvalue weighted by atomic mass is 10.1. The van der Waals surface area contributed by atoms with Gasteiger partial charge in [0, 0.05) is 20.5 Å². The fraction of sp³-hybridized carbons (Fsp3) is 0.357. The van der Waals surface area contributed by atoms with Gasteiger partial charge in [-0.3, -0.25) is 19.5 Å². The summed E-state index contributed by atoms with van der Waals surface area (Å²) in [7, 11) is 3.06. The number of anilines is 1. The molecule has 23 heavy (non-hydrogen) atoms. The molecule has 0 saturated carbocycles. The van der Waals surface area contributed by atoms with Crippen LogP contribution in [0.1, 0.15) is 12.0 Å². The number of alkyl halides is 3. The van der Waals surface area contributed by atoms with Gasteiger partial charge >= 0.3 is 6.18 Å². The maximum atomic E-state index is 12.9. The van der Waals surface area contributed by atoms with Gasteiger partial charge in [0.1, 0.15) is 5.25 Å². The number of benzene rings is 1. The normalized spacial score (nSPS) is 20.2.